The van der Waals surface area contributed by atoms with Crippen LogP contribution in [0.2, 0.25) is 16.6 Å². The van der Waals surface area contributed by atoms with Gasteiger partial charge < -0.3 is 4.23 Å². The molecule has 0 atom stereocenters. The SMILES string of the molecule is CC(C)[Si](C(C)C)(C(C)C)n1ccc2c(C3=CC(=O)CC(C)(C)C3)cccc21. The topological polar surface area (TPSA) is 22.0 Å². The van der Waals surface area contributed by atoms with Gasteiger partial charge >= 0.3 is 0 Å². The molecule has 0 spiro atoms. The minimum Gasteiger partial charge on any atom is -0.373 e. The van der Waals surface area contributed by atoms with Crippen LogP contribution >= 0.6 is 0 Å². The van der Waals surface area contributed by atoms with Gasteiger partial charge in [0.2, 0.25) is 0 Å². The first-order valence-corrected chi connectivity index (χ1v) is 13.0. The standard InChI is InChI=1S/C25H37NOSi/c1-17(2)28(18(3)4,19(5)6)26-13-12-23-22(10-9-11-24(23)26)20-14-21(27)16-25(7,8)15-20/h9-14,17-19H,15-16H2,1-8H3. The molecule has 3 rings (SSSR count). The summed E-state index contributed by atoms with van der Waals surface area (Å²) in [6.45, 7) is 18.9. The fourth-order valence-electron chi connectivity index (χ4n) is 6.14. The monoisotopic (exact) mass is 395 g/mol. The molecule has 0 bridgehead atoms. The highest BCUT2D eigenvalue weighted by atomic mass is 28.3. The van der Waals surface area contributed by atoms with Crippen LogP contribution in [0.5, 0.6) is 0 Å². The van der Waals surface area contributed by atoms with Crippen LogP contribution < -0.4 is 0 Å². The summed E-state index contributed by atoms with van der Waals surface area (Å²) in [6.07, 6.45) is 5.85. The molecular weight excluding hydrogens is 358 g/mol. The Kier molecular flexibility index (Phi) is 5.52. The zero-order valence-electron chi connectivity index (χ0n) is 19.0. The van der Waals surface area contributed by atoms with Gasteiger partial charge in [-0.2, -0.15) is 0 Å². The number of carbonyl (C=O) groups is 1. The summed E-state index contributed by atoms with van der Waals surface area (Å²) in [5, 5.41) is 1.30. The number of hydrogen-bond acceptors (Lipinski definition) is 1. The van der Waals surface area contributed by atoms with E-state index in [-0.39, 0.29) is 11.2 Å². The van der Waals surface area contributed by atoms with Crippen LogP contribution in [-0.4, -0.2) is 18.3 Å². The number of allylic oxidation sites excluding steroid dienone is 2. The molecular formula is C25H37NOSi. The van der Waals surface area contributed by atoms with Crippen LogP contribution in [0.15, 0.2) is 36.5 Å². The fraction of sp³-hybridized carbons (Fsp3) is 0.560. The highest BCUT2D eigenvalue weighted by molar-refractivity contribution is 6.82. The van der Waals surface area contributed by atoms with Crippen molar-refractivity contribution >= 4 is 30.5 Å². The van der Waals surface area contributed by atoms with Crippen LogP contribution in [0.25, 0.3) is 16.5 Å². The summed E-state index contributed by atoms with van der Waals surface area (Å²) in [6, 6.07) is 8.97. The van der Waals surface area contributed by atoms with Crippen LogP contribution in [0.4, 0.5) is 0 Å². The van der Waals surface area contributed by atoms with Crippen molar-refractivity contribution in [3.05, 3.63) is 42.1 Å². The molecule has 1 aliphatic rings. The van der Waals surface area contributed by atoms with Crippen LogP contribution in [0, 0.1) is 5.41 Å². The van der Waals surface area contributed by atoms with Crippen molar-refractivity contribution in [1.82, 2.24) is 4.23 Å². The number of carbonyl (C=O) groups excluding carboxylic acids is 1. The fourth-order valence-corrected chi connectivity index (χ4v) is 12.8. The Morgan fingerprint density at radius 2 is 1.54 bits per heavy atom. The Balaban J connectivity index is 2.23. The van der Waals surface area contributed by atoms with Gasteiger partial charge in [0.25, 0.3) is 0 Å². The zero-order valence-corrected chi connectivity index (χ0v) is 20.0. The summed E-state index contributed by atoms with van der Waals surface area (Å²) in [5.41, 5.74) is 5.80. The van der Waals surface area contributed by atoms with Crippen molar-refractivity contribution in [3.8, 4) is 0 Å². The molecule has 152 valence electrons. The van der Waals surface area contributed by atoms with Crippen molar-refractivity contribution in [1.29, 1.82) is 0 Å². The first-order valence-electron chi connectivity index (χ1n) is 10.8. The highest BCUT2D eigenvalue weighted by Crippen LogP contribution is 2.46. The molecule has 0 saturated carbocycles. The maximum Gasteiger partial charge on any atom is 0.169 e. The van der Waals surface area contributed by atoms with E-state index in [4.69, 9.17) is 0 Å². The number of aromatic nitrogens is 1. The largest absolute Gasteiger partial charge is 0.373 e. The Hall–Kier alpha value is -1.61. The Morgan fingerprint density at radius 3 is 2.07 bits per heavy atom. The molecule has 0 radical (unpaired) electrons. The van der Waals surface area contributed by atoms with Gasteiger partial charge in [-0.05, 0) is 64.0 Å². The predicted molar refractivity (Wildman–Crippen MR) is 124 cm³/mol. The van der Waals surface area contributed by atoms with Crippen molar-refractivity contribution in [2.45, 2.75) is 84.9 Å². The molecule has 2 nitrogen and oxygen atoms in total. The van der Waals surface area contributed by atoms with E-state index in [1.54, 1.807) is 0 Å². The summed E-state index contributed by atoms with van der Waals surface area (Å²) in [7, 11) is -1.80. The maximum atomic E-state index is 12.4. The molecule has 0 unspecified atom stereocenters. The highest BCUT2D eigenvalue weighted by Gasteiger charge is 2.45. The third-order valence-electron chi connectivity index (χ3n) is 6.93. The molecule has 0 aliphatic heterocycles. The van der Waals surface area contributed by atoms with Gasteiger partial charge in [-0.25, -0.2) is 0 Å². The van der Waals surface area contributed by atoms with E-state index in [0.717, 1.165) is 6.42 Å². The molecule has 1 aromatic carbocycles. The quantitative estimate of drug-likeness (QED) is 0.482. The number of hydrogen-bond donors (Lipinski definition) is 0. The van der Waals surface area contributed by atoms with Crippen LogP contribution in [0.3, 0.4) is 0 Å². The van der Waals surface area contributed by atoms with Gasteiger partial charge in [0.05, 0.1) is 0 Å². The Labute approximate surface area is 172 Å². The molecule has 0 fully saturated rings. The van der Waals surface area contributed by atoms with Crippen LogP contribution in [-0.2, 0) is 4.79 Å². The number of nitrogens with zero attached hydrogens (tertiary/aromatic N) is 1. The van der Waals surface area contributed by atoms with Gasteiger partial charge in [0.15, 0.2) is 14.0 Å². The second-order valence-electron chi connectivity index (χ2n) is 10.4. The number of fused-ring (bicyclic) bond motifs is 1. The van der Waals surface area contributed by atoms with Gasteiger partial charge in [0, 0.05) is 17.3 Å². The molecule has 0 saturated heterocycles. The normalized spacial score (nSPS) is 17.8. The molecule has 28 heavy (non-hydrogen) atoms. The molecule has 3 heteroatoms. The van der Waals surface area contributed by atoms with Gasteiger partial charge in [0.1, 0.15) is 0 Å². The number of benzene rings is 1. The summed E-state index contributed by atoms with van der Waals surface area (Å²) >= 11 is 0. The van der Waals surface area contributed by atoms with Crippen LogP contribution in [0.1, 0.15) is 73.8 Å². The van der Waals surface area contributed by atoms with Crippen molar-refractivity contribution in [2.24, 2.45) is 5.41 Å². The lowest BCUT2D eigenvalue weighted by atomic mass is 9.75. The smallest absolute Gasteiger partial charge is 0.169 e. The van der Waals surface area contributed by atoms with Crippen molar-refractivity contribution in [3.63, 3.8) is 0 Å². The van der Waals surface area contributed by atoms with E-state index in [1.165, 1.54) is 22.0 Å². The van der Waals surface area contributed by atoms with E-state index >= 15 is 0 Å². The minimum atomic E-state index is -1.80. The molecule has 1 heterocycles. The molecule has 2 aromatic rings. The summed E-state index contributed by atoms with van der Waals surface area (Å²) in [5.74, 6) is 0.262. The molecule has 1 aromatic heterocycles. The van der Waals surface area contributed by atoms with Crippen molar-refractivity contribution in [2.75, 3.05) is 0 Å². The molecule has 0 amide bonds. The average molecular weight is 396 g/mol. The first-order chi connectivity index (χ1) is 13.0. The maximum absolute atomic E-state index is 12.4. The van der Waals surface area contributed by atoms with Gasteiger partial charge in [-0.15, -0.1) is 0 Å². The van der Waals surface area contributed by atoms with E-state index in [2.05, 4.69) is 90.1 Å². The van der Waals surface area contributed by atoms with Crippen molar-refractivity contribution < 1.29 is 4.79 Å². The molecule has 1 aliphatic carbocycles. The Morgan fingerprint density at radius 1 is 0.929 bits per heavy atom. The zero-order chi connectivity index (χ0) is 20.9. The Bertz CT molecular complexity index is 892. The first kappa shape index (κ1) is 21.1. The lowest BCUT2D eigenvalue weighted by Gasteiger charge is -2.44. The lowest BCUT2D eigenvalue weighted by molar-refractivity contribution is -0.116. The minimum absolute atomic E-state index is 0.0399. The average Bonchev–Trinajstić information content (AvgIpc) is 2.97. The third-order valence-corrected chi connectivity index (χ3v) is 13.7. The number of rotatable bonds is 5. The van der Waals surface area contributed by atoms with Gasteiger partial charge in [-0.3, -0.25) is 4.79 Å². The third kappa shape index (κ3) is 3.32. The predicted octanol–water partition coefficient (Wildman–Crippen LogP) is 7.44. The van der Waals surface area contributed by atoms with Gasteiger partial charge in [-0.1, -0.05) is 67.5 Å². The van der Waals surface area contributed by atoms with E-state index in [1.807, 2.05) is 6.08 Å². The summed E-state index contributed by atoms with van der Waals surface area (Å²) in [4.78, 5) is 12.4. The second-order valence-corrected chi connectivity index (χ2v) is 16.1. The second kappa shape index (κ2) is 7.33. The summed E-state index contributed by atoms with van der Waals surface area (Å²) < 4.78 is 2.67. The molecule has 0 N–H and O–H groups in total. The van der Waals surface area contributed by atoms with E-state index < -0.39 is 8.24 Å². The van der Waals surface area contributed by atoms with E-state index in [0.29, 0.717) is 23.0 Å². The van der Waals surface area contributed by atoms with E-state index in [9.17, 15) is 4.79 Å². The lowest BCUT2D eigenvalue weighted by Crippen LogP contribution is -2.51. The number of ketones is 1.